The van der Waals surface area contributed by atoms with Gasteiger partial charge in [0.1, 0.15) is 11.0 Å². The second kappa shape index (κ2) is 9.42. The molecule has 0 aliphatic carbocycles. The molecule has 0 bridgehead atoms. The van der Waals surface area contributed by atoms with Gasteiger partial charge in [0.2, 0.25) is 11.8 Å². The summed E-state index contributed by atoms with van der Waals surface area (Å²) in [6, 6.07) is 11.4. The van der Waals surface area contributed by atoms with Gasteiger partial charge in [0, 0.05) is 24.7 Å². The van der Waals surface area contributed by atoms with Crippen molar-refractivity contribution in [2.24, 2.45) is 4.99 Å². The number of rotatable bonds is 6. The average molecular weight is 451 g/mol. The van der Waals surface area contributed by atoms with Crippen LogP contribution in [-0.4, -0.2) is 40.8 Å². The highest BCUT2D eigenvalue weighted by atomic mass is 32.2. The zero-order valence-electron chi connectivity index (χ0n) is 16.8. The van der Waals surface area contributed by atoms with Crippen LogP contribution in [0.15, 0.2) is 53.5 Å². The van der Waals surface area contributed by atoms with E-state index in [1.807, 2.05) is 0 Å². The van der Waals surface area contributed by atoms with E-state index in [4.69, 9.17) is 4.74 Å². The van der Waals surface area contributed by atoms with Crippen LogP contribution in [0.3, 0.4) is 0 Å². The van der Waals surface area contributed by atoms with Crippen LogP contribution < -0.4 is 10.1 Å². The van der Waals surface area contributed by atoms with Crippen LogP contribution in [0.1, 0.15) is 18.9 Å². The number of hydrogen-bond acceptors (Lipinski definition) is 5. The number of amidine groups is 1. The number of benzene rings is 2. The van der Waals surface area contributed by atoms with Crippen molar-refractivity contribution in [1.29, 1.82) is 0 Å². The summed E-state index contributed by atoms with van der Waals surface area (Å²) >= 11 is 1.15. The van der Waals surface area contributed by atoms with Crippen molar-refractivity contribution < 1.29 is 27.5 Å². The van der Waals surface area contributed by atoms with Gasteiger partial charge in [-0.25, -0.2) is 4.99 Å². The van der Waals surface area contributed by atoms with Crippen LogP contribution in [0, 0.1) is 0 Å². The fourth-order valence-electron chi connectivity index (χ4n) is 2.96. The number of alkyl halides is 3. The summed E-state index contributed by atoms with van der Waals surface area (Å²) in [5.74, 6) is -0.201. The number of amides is 2. The lowest BCUT2D eigenvalue weighted by Gasteiger charge is -2.13. The van der Waals surface area contributed by atoms with Crippen molar-refractivity contribution in [3.05, 3.63) is 54.1 Å². The number of anilines is 1. The summed E-state index contributed by atoms with van der Waals surface area (Å²) in [7, 11) is 1.54. The predicted octanol–water partition coefficient (Wildman–Crippen LogP) is 4.69. The fourth-order valence-corrected chi connectivity index (χ4v) is 4.18. The van der Waals surface area contributed by atoms with Gasteiger partial charge in [0.05, 0.1) is 18.4 Å². The molecular formula is C21H20F3N3O3S. The van der Waals surface area contributed by atoms with Crippen LogP contribution in [0.2, 0.25) is 0 Å². The lowest BCUT2D eigenvalue weighted by molar-refractivity contribution is -0.137. The molecule has 1 N–H and O–H groups in total. The third kappa shape index (κ3) is 5.57. The van der Waals surface area contributed by atoms with Crippen molar-refractivity contribution in [2.45, 2.75) is 24.8 Å². The van der Waals surface area contributed by atoms with Gasteiger partial charge in [-0.1, -0.05) is 23.9 Å². The summed E-state index contributed by atoms with van der Waals surface area (Å²) in [5.41, 5.74) is -0.239. The molecule has 2 amide bonds. The maximum absolute atomic E-state index is 12.8. The van der Waals surface area contributed by atoms with Gasteiger partial charge in [-0.15, -0.1) is 0 Å². The molecule has 0 radical (unpaired) electrons. The highest BCUT2D eigenvalue weighted by molar-refractivity contribution is 8.15. The molecule has 1 aliphatic heterocycles. The molecule has 0 aromatic heterocycles. The molecule has 1 aliphatic rings. The molecule has 1 atom stereocenters. The van der Waals surface area contributed by atoms with Crippen LogP contribution in [-0.2, 0) is 15.8 Å². The average Bonchev–Trinajstić information content (AvgIpc) is 3.01. The van der Waals surface area contributed by atoms with Crippen LogP contribution in [0.25, 0.3) is 0 Å². The number of nitrogens with zero attached hydrogens (tertiary/aromatic N) is 2. The minimum atomic E-state index is -4.51. The molecule has 1 saturated heterocycles. The summed E-state index contributed by atoms with van der Waals surface area (Å²) in [4.78, 5) is 31.1. The van der Waals surface area contributed by atoms with Gasteiger partial charge >= 0.3 is 6.18 Å². The van der Waals surface area contributed by atoms with Crippen molar-refractivity contribution in [3.63, 3.8) is 0 Å². The van der Waals surface area contributed by atoms with Gasteiger partial charge in [0.15, 0.2) is 5.17 Å². The van der Waals surface area contributed by atoms with Gasteiger partial charge in [0.25, 0.3) is 0 Å². The van der Waals surface area contributed by atoms with Crippen LogP contribution >= 0.6 is 11.8 Å². The summed E-state index contributed by atoms with van der Waals surface area (Å²) in [6.45, 7) is 2.17. The van der Waals surface area contributed by atoms with Gasteiger partial charge in [-0.3, -0.25) is 14.5 Å². The highest BCUT2D eigenvalue weighted by Crippen LogP contribution is 2.33. The Labute approximate surface area is 181 Å². The smallest absolute Gasteiger partial charge is 0.416 e. The standard InChI is InChI=1S/C21H20F3N3O3S/c1-3-27-19(29)17(31-20(27)26-15-8-5-9-16(11-15)30-2)12-18(28)25-14-7-4-6-13(10-14)21(22,23)24/h4-11,17H,3,12H2,1-2H3,(H,25,28). The zero-order valence-corrected chi connectivity index (χ0v) is 17.6. The first-order valence-electron chi connectivity index (χ1n) is 9.39. The largest absolute Gasteiger partial charge is 0.497 e. The van der Waals surface area contributed by atoms with E-state index in [1.54, 1.807) is 31.2 Å². The lowest BCUT2D eigenvalue weighted by Crippen LogP contribution is -2.33. The molecule has 1 unspecified atom stereocenters. The summed E-state index contributed by atoms with van der Waals surface area (Å²) in [6.07, 6.45) is -4.70. The normalized spacial score (nSPS) is 17.8. The van der Waals surface area contributed by atoms with E-state index in [1.165, 1.54) is 24.1 Å². The Morgan fingerprint density at radius 1 is 1.23 bits per heavy atom. The topological polar surface area (TPSA) is 71.0 Å². The number of aliphatic imine (C=N–C) groups is 1. The minimum absolute atomic E-state index is 0.0212. The van der Waals surface area contributed by atoms with E-state index in [2.05, 4.69) is 10.3 Å². The van der Waals surface area contributed by atoms with E-state index in [-0.39, 0.29) is 18.0 Å². The first kappa shape index (κ1) is 22.7. The second-order valence-corrected chi connectivity index (χ2v) is 7.79. The SMILES string of the molecule is CCN1C(=O)C(CC(=O)Nc2cccc(C(F)(F)F)c2)SC1=Nc1cccc(OC)c1. The molecule has 1 fully saturated rings. The first-order chi connectivity index (χ1) is 14.7. The van der Waals surface area contributed by atoms with E-state index < -0.39 is 22.9 Å². The molecular weight excluding hydrogens is 431 g/mol. The maximum atomic E-state index is 12.8. The number of carbonyl (C=O) groups excluding carboxylic acids is 2. The molecule has 2 aromatic rings. The Morgan fingerprint density at radius 2 is 1.97 bits per heavy atom. The molecule has 164 valence electrons. The van der Waals surface area contributed by atoms with E-state index in [0.29, 0.717) is 23.1 Å². The van der Waals surface area contributed by atoms with Gasteiger partial charge in [-0.2, -0.15) is 13.2 Å². The van der Waals surface area contributed by atoms with Crippen molar-refractivity contribution in [1.82, 2.24) is 4.90 Å². The molecule has 1 heterocycles. The third-order valence-corrected chi connectivity index (χ3v) is 5.63. The zero-order chi connectivity index (χ0) is 22.6. The van der Waals surface area contributed by atoms with Crippen molar-refractivity contribution in [2.75, 3.05) is 19.0 Å². The van der Waals surface area contributed by atoms with Crippen molar-refractivity contribution >= 4 is 40.1 Å². The maximum Gasteiger partial charge on any atom is 0.416 e. The van der Waals surface area contributed by atoms with E-state index in [9.17, 15) is 22.8 Å². The minimum Gasteiger partial charge on any atom is -0.497 e. The third-order valence-electron chi connectivity index (χ3n) is 4.46. The van der Waals surface area contributed by atoms with Gasteiger partial charge in [-0.05, 0) is 37.3 Å². The number of carbonyl (C=O) groups is 2. The molecule has 6 nitrogen and oxygen atoms in total. The number of halogens is 3. The van der Waals surface area contributed by atoms with E-state index in [0.717, 1.165) is 23.9 Å². The second-order valence-electron chi connectivity index (χ2n) is 6.62. The number of ether oxygens (including phenoxy) is 1. The molecule has 10 heteroatoms. The predicted molar refractivity (Wildman–Crippen MR) is 114 cm³/mol. The number of hydrogen-bond donors (Lipinski definition) is 1. The van der Waals surface area contributed by atoms with Crippen LogP contribution in [0.4, 0.5) is 24.5 Å². The van der Waals surface area contributed by atoms with Crippen LogP contribution in [0.5, 0.6) is 5.75 Å². The Hall–Kier alpha value is -3.01. The molecule has 2 aromatic carbocycles. The fraction of sp³-hybridized carbons (Fsp3) is 0.286. The number of nitrogens with one attached hydrogen (secondary N) is 1. The molecule has 0 spiro atoms. The first-order valence-corrected chi connectivity index (χ1v) is 10.3. The van der Waals surface area contributed by atoms with Crippen molar-refractivity contribution in [3.8, 4) is 5.75 Å². The Morgan fingerprint density at radius 3 is 2.65 bits per heavy atom. The molecule has 0 saturated carbocycles. The number of methoxy groups -OCH3 is 1. The number of thioether (sulfide) groups is 1. The van der Waals surface area contributed by atoms with E-state index >= 15 is 0 Å². The summed E-state index contributed by atoms with van der Waals surface area (Å²) < 4.78 is 43.7. The quantitative estimate of drug-likeness (QED) is 0.692. The van der Waals surface area contributed by atoms with Gasteiger partial charge < -0.3 is 10.1 Å². The Balaban J connectivity index is 1.71. The molecule has 31 heavy (non-hydrogen) atoms. The Bertz CT molecular complexity index is 1010. The Kier molecular flexibility index (Phi) is 6.89. The molecule has 3 rings (SSSR count). The monoisotopic (exact) mass is 451 g/mol. The lowest BCUT2D eigenvalue weighted by atomic mass is 10.2. The highest BCUT2D eigenvalue weighted by Gasteiger charge is 2.38. The summed E-state index contributed by atoms with van der Waals surface area (Å²) in [5, 5.41) is 2.18.